The van der Waals surface area contributed by atoms with E-state index in [0.717, 1.165) is 37.6 Å². The smallest absolute Gasteiger partial charge is 0.351 e. The Morgan fingerprint density at radius 2 is 0.844 bits per heavy atom. The van der Waals surface area contributed by atoms with Crippen LogP contribution in [0.15, 0.2) is 180 Å². The Hall–Kier alpha value is -9.06. The zero-order chi connectivity index (χ0) is 77.7. The fourth-order valence-electron chi connectivity index (χ4n) is 15.3. The van der Waals surface area contributed by atoms with Gasteiger partial charge >= 0.3 is 22.8 Å². The summed E-state index contributed by atoms with van der Waals surface area (Å²) < 4.78 is 126. The molecule has 4 N–H and O–H groups in total. The molecule has 1 amide bonds. The van der Waals surface area contributed by atoms with E-state index in [-0.39, 0.29) is 91.3 Å². The number of carbonyl (C=O) groups is 2. The van der Waals surface area contributed by atoms with Crippen molar-refractivity contribution in [2.24, 2.45) is 23.7 Å². The van der Waals surface area contributed by atoms with Crippen LogP contribution in [0.3, 0.4) is 0 Å². The zero-order valence-electron chi connectivity index (χ0n) is 60.6. The van der Waals surface area contributed by atoms with Crippen LogP contribution in [-0.4, -0.2) is 146 Å². The summed E-state index contributed by atoms with van der Waals surface area (Å²) in [7, 11) is -12.5. The van der Waals surface area contributed by atoms with E-state index in [9.17, 15) is 68.4 Å². The Kier molecular flexibility index (Phi) is 24.5. The number of aryl methyl sites for hydroxylation is 4. The van der Waals surface area contributed by atoms with Gasteiger partial charge in [-0.15, -0.1) is 0 Å². The largest absolute Gasteiger partial charge is 0.361 e. The van der Waals surface area contributed by atoms with Crippen LogP contribution in [0.2, 0.25) is 0 Å². The van der Waals surface area contributed by atoms with Gasteiger partial charge in [-0.2, -0.15) is 4.98 Å². The van der Waals surface area contributed by atoms with Gasteiger partial charge in [-0.25, -0.2) is 44.4 Å². The molecule has 4 aromatic heterocycles. The van der Waals surface area contributed by atoms with Crippen molar-refractivity contribution in [2.45, 2.75) is 141 Å². The molecule has 0 bridgehead atoms. The molecule has 0 saturated carbocycles. The van der Waals surface area contributed by atoms with E-state index in [1.807, 2.05) is 91.0 Å². The predicted octanol–water partition coefficient (Wildman–Crippen LogP) is 6.09. The molecule has 4 aliphatic rings. The summed E-state index contributed by atoms with van der Waals surface area (Å²) in [4.78, 5) is 128. The van der Waals surface area contributed by atoms with Crippen LogP contribution >= 0.6 is 11.8 Å². The number of carbonyl (C=O) groups excluding carboxylic acids is 2. The normalized spacial score (nSPS) is 23.1. The number of benzene rings is 4. The van der Waals surface area contributed by atoms with Gasteiger partial charge in [-0.05, 0) is 119 Å². The molecule has 12 rings (SSSR count). The lowest BCUT2D eigenvalue weighted by Gasteiger charge is -2.36. The lowest BCUT2D eigenvalue weighted by atomic mass is 9.80. The number of aromatic nitrogens is 8. The number of rotatable bonds is 30. The van der Waals surface area contributed by atoms with Crippen LogP contribution in [0, 0.1) is 51.4 Å². The first-order valence-corrected chi connectivity index (χ1v) is 42.5. The molecular formula is C76H87N9O20S4. The third kappa shape index (κ3) is 18.9. The highest BCUT2D eigenvalue weighted by Gasteiger charge is 2.46. The molecule has 8 heterocycles. The van der Waals surface area contributed by atoms with Gasteiger partial charge in [0, 0.05) is 77.5 Å². The minimum atomic E-state index is -4.26. The lowest BCUT2D eigenvalue weighted by molar-refractivity contribution is -0.109. The summed E-state index contributed by atoms with van der Waals surface area (Å²) in [5.74, 6) is -6.62. The number of hydrogen-bond donors (Lipinski definition) is 4. The maximum absolute atomic E-state index is 14.8. The molecule has 12 atom stereocenters. The second-order valence-electron chi connectivity index (χ2n) is 28.6. The molecule has 4 aromatic carbocycles. The minimum absolute atomic E-state index is 0.00751. The van der Waals surface area contributed by atoms with E-state index in [2.05, 4.69) is 25.3 Å². The fourth-order valence-corrected chi connectivity index (χ4v) is 21.4. The highest BCUT2D eigenvalue weighted by Crippen LogP contribution is 2.44. The monoisotopic (exact) mass is 1570 g/mol. The second-order valence-corrected chi connectivity index (χ2v) is 36.5. The number of nitrogens with one attached hydrogen (secondary N) is 4. The van der Waals surface area contributed by atoms with Crippen LogP contribution in [0.1, 0.15) is 133 Å². The van der Waals surface area contributed by atoms with Crippen LogP contribution in [0.4, 0.5) is 5.82 Å². The summed E-state index contributed by atoms with van der Waals surface area (Å²) in [6.07, 6.45) is -3.38. The molecule has 0 aliphatic carbocycles. The number of ether oxygens (including phenoxy) is 5. The molecule has 4 fully saturated rings. The molecule has 8 aromatic rings. The lowest BCUT2D eigenvalue weighted by Crippen LogP contribution is -2.35. The molecule has 0 spiro atoms. The number of hydrogen-bond acceptors (Lipinski definition) is 22. The van der Waals surface area contributed by atoms with E-state index in [4.69, 9.17) is 23.7 Å². The van der Waals surface area contributed by atoms with Crippen molar-refractivity contribution in [3.63, 3.8) is 0 Å². The third-order valence-electron chi connectivity index (χ3n) is 20.9. The Bertz CT molecular complexity index is 5360. The number of sulfone groups is 3. The molecule has 0 radical (unpaired) electrons. The summed E-state index contributed by atoms with van der Waals surface area (Å²) in [5, 5.41) is 2.44. The SMILES string of the molecule is CC(=O)SC[C@H]1C[C@H](n2ccc(NC(=O)c3ccccc3C)nc2=O)O[C@@H]1CCS(=O)(=O)C[C@H]1C[C@H](n2cc(C)c(=O)[nH]c2=O)O[C@@H]1CCS(=O)(=O)C[C@H]1C[C@H](n2cc(C)c(=O)[nH]c2=O)O[C@@H]1CCS(=O)(=O)C[C@H]1C[C@H](n2cc(C)c(=O)[nH]c2=O)O[C@@H]1CCOC(c1ccccc1)(c1ccccc1)c1ccccc1. The quantitative estimate of drug-likeness (QED) is 0.0370. The number of amides is 1. The molecule has 0 unspecified atom stereocenters. The molecule has 4 aliphatic heterocycles. The Balaban J connectivity index is 0.752. The first-order valence-electron chi connectivity index (χ1n) is 36.0. The highest BCUT2D eigenvalue weighted by molar-refractivity contribution is 8.13. The predicted molar refractivity (Wildman–Crippen MR) is 407 cm³/mol. The number of thioether (sulfide) groups is 1. The molecule has 33 heteroatoms. The molecule has 4 saturated heterocycles. The summed E-state index contributed by atoms with van der Waals surface area (Å²) >= 11 is 1.02. The van der Waals surface area contributed by atoms with Crippen molar-refractivity contribution < 1.29 is 58.5 Å². The van der Waals surface area contributed by atoms with Crippen LogP contribution < -0.4 is 44.8 Å². The first kappa shape index (κ1) is 79.5. The Morgan fingerprint density at radius 3 is 1.23 bits per heavy atom. The number of aromatic amines is 3. The van der Waals surface area contributed by atoms with E-state index in [1.165, 1.54) is 67.7 Å². The molecule has 109 heavy (non-hydrogen) atoms. The average Bonchev–Trinajstić information content (AvgIpc) is 1.66. The van der Waals surface area contributed by atoms with Gasteiger partial charge in [-0.1, -0.05) is 121 Å². The van der Waals surface area contributed by atoms with Crippen LogP contribution in [-0.2, 0) is 63.6 Å². The van der Waals surface area contributed by atoms with Gasteiger partial charge in [0.05, 0.1) is 65.5 Å². The van der Waals surface area contributed by atoms with Gasteiger partial charge in [0.25, 0.3) is 22.6 Å². The molecular weight excluding hydrogens is 1490 g/mol. The van der Waals surface area contributed by atoms with E-state index < -0.39 is 188 Å². The fraction of sp³-hybridized carbons (Fsp3) is 0.447. The van der Waals surface area contributed by atoms with Gasteiger partial charge in [-0.3, -0.25) is 57.2 Å². The summed E-state index contributed by atoms with van der Waals surface area (Å²) in [6.45, 7) is 7.63. The minimum Gasteiger partial charge on any atom is -0.361 e. The maximum atomic E-state index is 14.8. The van der Waals surface area contributed by atoms with Gasteiger partial charge in [0.1, 0.15) is 36.3 Å². The maximum Gasteiger partial charge on any atom is 0.351 e. The zero-order valence-corrected chi connectivity index (χ0v) is 63.9. The van der Waals surface area contributed by atoms with E-state index in [0.29, 0.717) is 11.1 Å². The standard InChI is InChI=1S/C76H87N9O20S4/c1-46-17-15-16-24-58(46)71(90)77-63-25-30-82(72(91)78-63)64-35-51(42-106-50(5)86)60(103-64)27-32-107(95,96)44-53-37-66(84-40-48(3)69(88)80-74(84)93)105-62(53)29-34-109(99,100)45-54-38-67(85-41-49(4)70(89)81-75(85)94)104-61(54)28-33-108(97,98)43-52-36-65(83-39-47(2)68(87)79-73(83)92)102-59(52)26-31-101-76(55-18-9-6-10-19-55,56-20-11-7-12-21-56)57-22-13-8-14-23-57/h6-25,30,39-41,51-54,59-62,64-67H,26-29,31-38,42-45H2,1-5H3,(H,79,87,92)(H,80,88,93)(H,81,89,94)(H,77,78,90,91)/t51-,52-,53-,54-,59-,60-,61-,62-,64-,65-,66-,67-/m1/s1. The summed E-state index contributed by atoms with van der Waals surface area (Å²) in [5.41, 5.74) is -2.25. The van der Waals surface area contributed by atoms with Crippen molar-refractivity contribution in [3.05, 3.63) is 264 Å². The Morgan fingerprint density at radius 1 is 0.486 bits per heavy atom. The Labute approximate surface area is 631 Å². The van der Waals surface area contributed by atoms with Gasteiger partial charge < -0.3 is 29.0 Å². The topological polar surface area (TPSA) is 394 Å². The number of H-pyrrole nitrogens is 3. The van der Waals surface area contributed by atoms with Crippen molar-refractivity contribution in [3.8, 4) is 0 Å². The third-order valence-corrected chi connectivity index (χ3v) is 27.3. The van der Waals surface area contributed by atoms with E-state index in [1.54, 1.807) is 31.2 Å². The van der Waals surface area contributed by atoms with Crippen molar-refractivity contribution >= 4 is 58.1 Å². The highest BCUT2D eigenvalue weighted by atomic mass is 32.2. The van der Waals surface area contributed by atoms with Gasteiger partial charge in [0.2, 0.25) is 0 Å². The van der Waals surface area contributed by atoms with Crippen LogP contribution in [0.25, 0.3) is 0 Å². The molecule has 580 valence electrons. The van der Waals surface area contributed by atoms with Crippen molar-refractivity contribution in [2.75, 3.05) is 52.2 Å². The molecule has 29 nitrogen and oxygen atoms in total. The second kappa shape index (κ2) is 33.6. The van der Waals surface area contributed by atoms with Gasteiger partial charge in [0.15, 0.2) is 34.6 Å². The van der Waals surface area contributed by atoms with Crippen LogP contribution in [0.5, 0.6) is 0 Å². The number of anilines is 1. The number of nitrogens with zero attached hydrogens (tertiary/aromatic N) is 5. The van der Waals surface area contributed by atoms with Crippen molar-refractivity contribution in [1.29, 1.82) is 0 Å². The average molecular weight is 1570 g/mol. The summed E-state index contributed by atoms with van der Waals surface area (Å²) in [6, 6.07) is 37.3. The van der Waals surface area contributed by atoms with E-state index >= 15 is 0 Å². The van der Waals surface area contributed by atoms with Crippen molar-refractivity contribution in [1.82, 2.24) is 38.2 Å². The first-order chi connectivity index (χ1) is 51.9.